The lowest BCUT2D eigenvalue weighted by Crippen LogP contribution is -2.58. The first kappa shape index (κ1) is 29.3. The van der Waals surface area contributed by atoms with Crippen molar-refractivity contribution in [2.45, 2.75) is 51.4 Å². The van der Waals surface area contributed by atoms with Crippen molar-refractivity contribution in [2.75, 3.05) is 6.54 Å². The van der Waals surface area contributed by atoms with E-state index in [1.165, 1.54) is 5.56 Å². The van der Waals surface area contributed by atoms with E-state index in [4.69, 9.17) is 9.47 Å². The molecule has 1 heterocycles. The van der Waals surface area contributed by atoms with Crippen LogP contribution >= 0.6 is 0 Å². The van der Waals surface area contributed by atoms with Crippen LogP contribution in [0.4, 0.5) is 9.59 Å². The first-order valence-electron chi connectivity index (χ1n) is 13.9. The third-order valence-corrected chi connectivity index (χ3v) is 6.80. The van der Waals surface area contributed by atoms with Gasteiger partial charge in [0, 0.05) is 12.6 Å². The van der Waals surface area contributed by atoms with Gasteiger partial charge in [-0.3, -0.25) is 20.4 Å². The van der Waals surface area contributed by atoms with Gasteiger partial charge in [-0.05, 0) is 42.4 Å². The number of nitrogens with zero attached hydrogens (tertiary/aromatic N) is 1. The molecule has 0 spiro atoms. The molecule has 3 aromatic carbocycles. The predicted molar refractivity (Wildman–Crippen MR) is 156 cm³/mol. The second-order valence-electron chi connectivity index (χ2n) is 9.85. The molecule has 1 saturated heterocycles. The van der Waals surface area contributed by atoms with Gasteiger partial charge in [0.2, 0.25) is 11.9 Å². The molecular formula is C32H36N4O5. The fourth-order valence-corrected chi connectivity index (χ4v) is 4.54. The van der Waals surface area contributed by atoms with E-state index in [2.05, 4.69) is 33.1 Å². The minimum Gasteiger partial charge on any atom is -0.444 e. The number of rotatable bonds is 12. The molecule has 1 aliphatic heterocycles. The normalized spacial score (nSPS) is 15.6. The Balaban J connectivity index is 1.23. The summed E-state index contributed by atoms with van der Waals surface area (Å²) in [6.07, 6.45) is 2.57. The maximum absolute atomic E-state index is 12.4. The molecule has 9 nitrogen and oxygen atoms in total. The van der Waals surface area contributed by atoms with Crippen molar-refractivity contribution in [3.8, 4) is 0 Å². The van der Waals surface area contributed by atoms with Crippen LogP contribution in [0, 0.1) is 5.92 Å². The summed E-state index contributed by atoms with van der Waals surface area (Å²) in [5.74, 6) is 0.0421. The van der Waals surface area contributed by atoms with Gasteiger partial charge in [0.15, 0.2) is 0 Å². The van der Waals surface area contributed by atoms with Crippen molar-refractivity contribution in [3.05, 3.63) is 108 Å². The van der Waals surface area contributed by atoms with Gasteiger partial charge in [-0.2, -0.15) is 0 Å². The number of aryl methyl sites for hydroxylation is 1. The molecule has 2 atom stereocenters. The van der Waals surface area contributed by atoms with E-state index in [0.29, 0.717) is 13.0 Å². The molecule has 41 heavy (non-hydrogen) atoms. The number of benzene rings is 3. The topological polar surface area (TPSA) is 118 Å². The number of aliphatic imine (C=N–C) groups is 1. The molecule has 4 rings (SSSR count). The van der Waals surface area contributed by atoms with E-state index in [1.54, 1.807) is 0 Å². The van der Waals surface area contributed by atoms with E-state index >= 15 is 0 Å². The first-order valence-corrected chi connectivity index (χ1v) is 13.9. The lowest BCUT2D eigenvalue weighted by Gasteiger charge is -2.37. The van der Waals surface area contributed by atoms with Crippen LogP contribution in [0.2, 0.25) is 0 Å². The van der Waals surface area contributed by atoms with Crippen LogP contribution in [-0.4, -0.2) is 36.6 Å². The zero-order chi connectivity index (χ0) is 28.7. The molecule has 9 heteroatoms. The van der Waals surface area contributed by atoms with E-state index < -0.39 is 12.2 Å². The van der Waals surface area contributed by atoms with Crippen molar-refractivity contribution in [2.24, 2.45) is 10.9 Å². The summed E-state index contributed by atoms with van der Waals surface area (Å²) in [4.78, 5) is 41.3. The number of unbranched alkanes of at least 4 members (excludes halogenated alkanes) is 1. The highest BCUT2D eigenvalue weighted by molar-refractivity contribution is 6.01. The van der Waals surface area contributed by atoms with Crippen LogP contribution in [0.3, 0.4) is 0 Å². The number of carbonyl (C=O) groups is 3. The zero-order valence-electron chi connectivity index (χ0n) is 23.0. The van der Waals surface area contributed by atoms with Gasteiger partial charge in [0.1, 0.15) is 13.2 Å². The molecule has 0 bridgehead atoms. The fourth-order valence-electron chi connectivity index (χ4n) is 4.54. The van der Waals surface area contributed by atoms with E-state index in [1.807, 2.05) is 78.9 Å². The van der Waals surface area contributed by atoms with Crippen LogP contribution in [0.25, 0.3) is 0 Å². The van der Waals surface area contributed by atoms with Gasteiger partial charge >= 0.3 is 12.2 Å². The van der Waals surface area contributed by atoms with Gasteiger partial charge in [-0.1, -0.05) is 97.4 Å². The van der Waals surface area contributed by atoms with Gasteiger partial charge in [0.25, 0.3) is 0 Å². The molecule has 0 unspecified atom stereocenters. The Labute approximate surface area is 240 Å². The third-order valence-electron chi connectivity index (χ3n) is 6.80. The Hall–Kier alpha value is -4.66. The highest BCUT2D eigenvalue weighted by Crippen LogP contribution is 2.25. The number of β-lactam (4-membered cyclic amide) rings is 1. The molecule has 0 saturated carbocycles. The van der Waals surface area contributed by atoms with Crippen molar-refractivity contribution < 1.29 is 23.9 Å². The highest BCUT2D eigenvalue weighted by Gasteiger charge is 2.37. The average Bonchev–Trinajstić information content (AvgIpc) is 3.00. The number of carbonyl (C=O) groups excluding carboxylic acids is 3. The average molecular weight is 557 g/mol. The van der Waals surface area contributed by atoms with Crippen LogP contribution in [0.15, 0.2) is 96.0 Å². The van der Waals surface area contributed by atoms with Crippen LogP contribution in [0.5, 0.6) is 0 Å². The lowest BCUT2D eigenvalue weighted by molar-refractivity contribution is -0.135. The smallest absolute Gasteiger partial charge is 0.414 e. The number of ether oxygens (including phenoxy) is 2. The summed E-state index contributed by atoms with van der Waals surface area (Å²) in [7, 11) is 0. The van der Waals surface area contributed by atoms with Gasteiger partial charge in [-0.25, -0.2) is 9.59 Å². The lowest BCUT2D eigenvalue weighted by atomic mass is 9.82. The van der Waals surface area contributed by atoms with Crippen molar-refractivity contribution in [1.82, 2.24) is 16.0 Å². The maximum atomic E-state index is 12.4. The van der Waals surface area contributed by atoms with Crippen molar-refractivity contribution in [3.63, 3.8) is 0 Å². The summed E-state index contributed by atoms with van der Waals surface area (Å²) < 4.78 is 10.5. The van der Waals surface area contributed by atoms with Crippen molar-refractivity contribution in [1.29, 1.82) is 0 Å². The van der Waals surface area contributed by atoms with Crippen LogP contribution in [0.1, 0.15) is 42.4 Å². The molecule has 0 radical (unpaired) electrons. The third kappa shape index (κ3) is 10.1. The summed E-state index contributed by atoms with van der Waals surface area (Å²) in [6.45, 7) is 0.497. The Kier molecular flexibility index (Phi) is 11.3. The fraction of sp³-hybridized carbons (Fsp3) is 0.312. The monoisotopic (exact) mass is 556 g/mol. The van der Waals surface area contributed by atoms with E-state index in [0.717, 1.165) is 36.8 Å². The second-order valence-corrected chi connectivity index (χ2v) is 9.85. The first-order chi connectivity index (χ1) is 20.1. The quantitative estimate of drug-likeness (QED) is 0.124. The highest BCUT2D eigenvalue weighted by atomic mass is 16.6. The number of guanidine groups is 1. The molecule has 0 aromatic heterocycles. The Morgan fingerprint density at radius 1 is 0.707 bits per heavy atom. The molecule has 3 aromatic rings. The Morgan fingerprint density at radius 3 is 1.73 bits per heavy atom. The Morgan fingerprint density at radius 2 is 1.22 bits per heavy atom. The van der Waals surface area contributed by atoms with Gasteiger partial charge in [0.05, 0.1) is 5.92 Å². The SMILES string of the molecule is O=C(NC(=NCCCC[C@H]1C(=O)N[C@@H]1CCc1ccccc1)NC(=O)OCc1ccccc1)OCc1ccccc1. The summed E-state index contributed by atoms with van der Waals surface area (Å²) in [5.41, 5.74) is 2.93. The number of nitrogens with one attached hydrogen (secondary N) is 3. The summed E-state index contributed by atoms with van der Waals surface area (Å²) in [6, 6.07) is 29.0. The van der Waals surface area contributed by atoms with Crippen LogP contribution in [-0.2, 0) is 33.9 Å². The predicted octanol–water partition coefficient (Wildman–Crippen LogP) is 5.11. The molecular weight excluding hydrogens is 520 g/mol. The largest absolute Gasteiger partial charge is 0.444 e. The molecule has 0 aliphatic carbocycles. The van der Waals surface area contributed by atoms with E-state index in [9.17, 15) is 14.4 Å². The molecule has 1 fully saturated rings. The summed E-state index contributed by atoms with van der Waals surface area (Å²) in [5, 5.41) is 8.02. The van der Waals surface area contributed by atoms with E-state index in [-0.39, 0.29) is 37.0 Å². The maximum Gasteiger partial charge on any atom is 0.414 e. The van der Waals surface area contributed by atoms with Crippen LogP contribution < -0.4 is 16.0 Å². The zero-order valence-corrected chi connectivity index (χ0v) is 23.0. The number of alkyl carbamates (subject to hydrolysis) is 2. The standard InChI is InChI=1S/C32H36N4O5/c37-29-27(28(34-29)20-19-24-12-4-1-5-13-24)18-10-11-21-33-30(35-31(38)40-22-25-14-6-2-7-15-25)36-32(39)41-23-26-16-8-3-9-17-26/h1-9,12-17,27-28H,10-11,18-23H2,(H,34,37)(H2,33,35,36,38,39)/t27-,28-/m1/s1. The molecule has 3 amide bonds. The Bertz CT molecular complexity index is 1230. The molecule has 1 aliphatic rings. The second kappa shape index (κ2) is 15.8. The minimum absolute atomic E-state index is 0.000610. The minimum atomic E-state index is -0.747. The number of amides is 3. The molecule has 3 N–H and O–H groups in total. The van der Waals surface area contributed by atoms with Crippen molar-refractivity contribution >= 4 is 24.1 Å². The number of hydrogen-bond acceptors (Lipinski definition) is 6. The summed E-state index contributed by atoms with van der Waals surface area (Å²) >= 11 is 0. The van der Waals surface area contributed by atoms with Gasteiger partial charge in [-0.15, -0.1) is 0 Å². The van der Waals surface area contributed by atoms with Gasteiger partial charge < -0.3 is 14.8 Å². The number of hydrogen-bond donors (Lipinski definition) is 3. The molecule has 214 valence electrons.